The highest BCUT2D eigenvalue weighted by atomic mass is 16.2. The molecule has 1 heteroatoms. The zero-order valence-electron chi connectivity index (χ0n) is 3.74. The summed E-state index contributed by atoms with van der Waals surface area (Å²) in [6.45, 7) is 0. The van der Waals surface area contributed by atoms with Gasteiger partial charge in [0.15, 0.2) is 0 Å². The number of carbonyl (C=O) groups is 1. The summed E-state index contributed by atoms with van der Waals surface area (Å²) >= 11 is 0. The van der Waals surface area contributed by atoms with Crippen molar-refractivity contribution in [3.8, 4) is 0 Å². The Morgan fingerprint density at radius 3 is 1.83 bits per heavy atom. The summed E-state index contributed by atoms with van der Waals surface area (Å²) in [5, 5.41) is 0. The average Bonchev–Trinajstić information content (AvgIpc) is 1.86. The van der Waals surface area contributed by atoms with Gasteiger partial charge in [-0.15, -0.1) is 0 Å². The van der Waals surface area contributed by atoms with Crippen molar-refractivity contribution in [2.24, 2.45) is 0 Å². The Balaban J connectivity index is 2.37. The van der Waals surface area contributed by atoms with Gasteiger partial charge < -0.3 is 0 Å². The van der Waals surface area contributed by atoms with Gasteiger partial charge in [-0.05, 0) is 12.8 Å². The van der Waals surface area contributed by atoms with Crippen LogP contribution >= 0.6 is 0 Å². The lowest BCUT2D eigenvalue weighted by Gasteiger charge is -1.71. The van der Waals surface area contributed by atoms with E-state index in [0.29, 0.717) is 5.78 Å². The Labute approximate surface area is 37.4 Å². The van der Waals surface area contributed by atoms with E-state index in [1.54, 1.807) is 0 Å². The van der Waals surface area contributed by atoms with Crippen molar-refractivity contribution in [1.82, 2.24) is 0 Å². The molecule has 0 N–H and O–H groups in total. The highest BCUT2D eigenvalue weighted by molar-refractivity contribution is 5.79. The maximum atomic E-state index is 10.2. The van der Waals surface area contributed by atoms with E-state index < -0.39 is 0 Å². The van der Waals surface area contributed by atoms with Crippen LogP contribution in [0.2, 0.25) is 0 Å². The second-order valence-electron chi connectivity index (χ2n) is 1.75. The van der Waals surface area contributed by atoms with Crippen LogP contribution in [0.5, 0.6) is 0 Å². The molecule has 0 amide bonds. The van der Waals surface area contributed by atoms with Crippen LogP contribution in [0.4, 0.5) is 0 Å². The number of hydrogen-bond donors (Lipinski definition) is 0. The Kier molecular flexibility index (Phi) is 0.906. The van der Waals surface area contributed by atoms with Crippen LogP contribution in [0.15, 0.2) is 0 Å². The minimum Gasteiger partial charge on any atom is -0.300 e. The van der Waals surface area contributed by atoms with E-state index in [1.165, 1.54) is 0 Å². The first-order valence-corrected chi connectivity index (χ1v) is 2.41. The lowest BCUT2D eigenvalue weighted by molar-refractivity contribution is -0.117. The third-order valence-electron chi connectivity index (χ3n) is 1.16. The van der Waals surface area contributed by atoms with E-state index >= 15 is 0 Å². The minimum atomic E-state index is 0.454. The van der Waals surface area contributed by atoms with Crippen molar-refractivity contribution >= 4 is 5.78 Å². The van der Waals surface area contributed by atoms with Crippen LogP contribution in [0, 0.1) is 0 Å². The number of carbonyl (C=O) groups excluding carboxylic acids is 1. The molecule has 0 radical (unpaired) electrons. The molecule has 0 aromatic heterocycles. The van der Waals surface area contributed by atoms with Gasteiger partial charge in [0.2, 0.25) is 0 Å². The Morgan fingerprint density at radius 1 is 1.17 bits per heavy atom. The summed E-state index contributed by atoms with van der Waals surface area (Å²) < 4.78 is 0. The van der Waals surface area contributed by atoms with Crippen LogP contribution in [-0.2, 0) is 4.79 Å². The van der Waals surface area contributed by atoms with Crippen molar-refractivity contribution in [1.29, 1.82) is 0 Å². The van der Waals surface area contributed by atoms with Crippen molar-refractivity contribution in [3.63, 3.8) is 0 Å². The molecule has 0 aromatic carbocycles. The molecule has 1 nitrogen and oxygen atoms in total. The molecule has 0 unspecified atom stereocenters. The third-order valence-corrected chi connectivity index (χ3v) is 1.16. The zero-order chi connectivity index (χ0) is 4.41. The number of rotatable bonds is 0. The van der Waals surface area contributed by atoms with E-state index in [-0.39, 0.29) is 0 Å². The molecule has 0 bridgehead atoms. The first kappa shape index (κ1) is 3.85. The van der Waals surface area contributed by atoms with Crippen LogP contribution in [0.25, 0.3) is 0 Å². The quantitative estimate of drug-likeness (QED) is 0.406. The number of hydrogen-bond acceptors (Lipinski definition) is 1. The van der Waals surface area contributed by atoms with Crippen molar-refractivity contribution in [3.05, 3.63) is 0 Å². The van der Waals surface area contributed by atoms with Crippen LogP contribution in [0.1, 0.15) is 25.7 Å². The summed E-state index contributed by atoms with van der Waals surface area (Å²) in [4.78, 5) is 10.2. The fourth-order valence-electron chi connectivity index (χ4n) is 0.769. The van der Waals surface area contributed by atoms with Gasteiger partial charge in [-0.2, -0.15) is 0 Å². The summed E-state index contributed by atoms with van der Waals surface area (Å²) in [5.41, 5.74) is 0. The summed E-state index contributed by atoms with van der Waals surface area (Å²) in [7, 11) is 0. The standard InChI is InChI=1S/C5H8O/c6-5-3-1-2-4-5/h1-4H2/i1+1,2+1,3+1,4+1,5+1. The molecule has 34 valence electrons. The summed E-state index contributed by atoms with van der Waals surface area (Å²) in [6, 6.07) is 0. The maximum Gasteiger partial charge on any atom is 0.132 e. The number of Topliss-reactive ketones (excluding diaryl/α,β-unsaturated/α-hetero) is 1. The first-order chi connectivity index (χ1) is 2.89. The fourth-order valence-corrected chi connectivity index (χ4v) is 0.769. The molecular formula is C5H8O. The van der Waals surface area contributed by atoms with Crippen molar-refractivity contribution in [2.75, 3.05) is 0 Å². The molecule has 1 saturated carbocycles. The second-order valence-corrected chi connectivity index (χ2v) is 1.75. The SMILES string of the molecule is O=[13C]1[13CH2][13CH2][13CH2][13CH2]1. The zero-order valence-corrected chi connectivity index (χ0v) is 3.74. The van der Waals surface area contributed by atoms with Gasteiger partial charge in [0.05, 0.1) is 0 Å². The van der Waals surface area contributed by atoms with Crippen molar-refractivity contribution < 1.29 is 4.79 Å². The van der Waals surface area contributed by atoms with Gasteiger partial charge >= 0.3 is 0 Å². The lowest BCUT2D eigenvalue weighted by Crippen LogP contribution is -1.81. The monoisotopic (exact) mass is 89.1 g/mol. The summed E-state index contributed by atoms with van der Waals surface area (Å²) in [6.07, 6.45) is 3.97. The second kappa shape index (κ2) is 1.41. The molecule has 0 atom stereocenters. The van der Waals surface area contributed by atoms with Crippen LogP contribution < -0.4 is 0 Å². The van der Waals surface area contributed by atoms with E-state index in [1.807, 2.05) is 0 Å². The molecular weight excluding hydrogens is 81.0 g/mol. The van der Waals surface area contributed by atoms with E-state index in [9.17, 15) is 4.79 Å². The normalized spacial score (nSPS) is 22.3. The molecule has 0 aliphatic heterocycles. The Hall–Kier alpha value is -0.330. The smallest absolute Gasteiger partial charge is 0.132 e. The lowest BCUT2D eigenvalue weighted by atomic mass is 11.3. The number of ketones is 1. The van der Waals surface area contributed by atoms with Gasteiger partial charge in [0.25, 0.3) is 0 Å². The first-order valence-electron chi connectivity index (χ1n) is 2.41. The topological polar surface area (TPSA) is 17.1 Å². The average molecular weight is 89.1 g/mol. The highest BCUT2D eigenvalue weighted by Gasteiger charge is 2.07. The molecule has 0 aromatic rings. The highest BCUT2D eigenvalue weighted by Crippen LogP contribution is 2.11. The molecule has 0 spiro atoms. The van der Waals surface area contributed by atoms with Gasteiger partial charge in [0.1, 0.15) is 5.78 Å². The van der Waals surface area contributed by atoms with Crippen LogP contribution in [0.3, 0.4) is 0 Å². The minimum absolute atomic E-state index is 0.454. The van der Waals surface area contributed by atoms with Gasteiger partial charge in [0, 0.05) is 12.8 Å². The molecule has 1 aliphatic carbocycles. The van der Waals surface area contributed by atoms with Crippen molar-refractivity contribution in [2.45, 2.75) is 25.7 Å². The predicted octanol–water partition coefficient (Wildman–Crippen LogP) is 1.13. The maximum absolute atomic E-state index is 10.2. The largest absolute Gasteiger partial charge is 0.300 e. The van der Waals surface area contributed by atoms with Gasteiger partial charge in [-0.25, -0.2) is 0 Å². The molecule has 0 saturated heterocycles. The molecule has 1 fully saturated rings. The Bertz CT molecular complexity index is 58.3. The van der Waals surface area contributed by atoms with Crippen LogP contribution in [-0.4, -0.2) is 5.78 Å². The predicted molar refractivity (Wildman–Crippen MR) is 23.5 cm³/mol. The Morgan fingerprint density at radius 2 is 1.67 bits per heavy atom. The fraction of sp³-hybridized carbons (Fsp3) is 0.800. The molecule has 1 rings (SSSR count). The van der Waals surface area contributed by atoms with E-state index in [2.05, 4.69) is 0 Å². The molecule has 0 heterocycles. The third kappa shape index (κ3) is 0.588. The molecule has 6 heavy (non-hydrogen) atoms. The molecule has 1 aliphatic rings. The van der Waals surface area contributed by atoms with E-state index in [0.717, 1.165) is 25.7 Å². The van der Waals surface area contributed by atoms with Gasteiger partial charge in [-0.1, -0.05) is 0 Å². The summed E-state index contributed by atoms with van der Waals surface area (Å²) in [5.74, 6) is 0.454. The van der Waals surface area contributed by atoms with E-state index in [4.69, 9.17) is 0 Å². The van der Waals surface area contributed by atoms with Gasteiger partial charge in [-0.3, -0.25) is 4.79 Å².